The molecule has 19 heavy (non-hydrogen) atoms. The van der Waals surface area contributed by atoms with E-state index in [0.29, 0.717) is 11.4 Å². The topological polar surface area (TPSA) is 62.4 Å². The molecule has 0 saturated carbocycles. The zero-order chi connectivity index (χ0) is 13.8. The molecule has 5 nitrogen and oxygen atoms in total. The molecular formula is C14H14N2O3. The summed E-state index contributed by atoms with van der Waals surface area (Å²) in [6.45, 7) is 0. The number of ether oxygens (including phenoxy) is 1. The predicted octanol–water partition coefficient (Wildman–Crippen LogP) is 1.66. The fourth-order valence-electron chi connectivity index (χ4n) is 1.69. The Balaban J connectivity index is 2.30. The highest BCUT2D eigenvalue weighted by atomic mass is 16.5. The normalized spacial score (nSPS) is 10.0. The first kappa shape index (κ1) is 12.9. The monoisotopic (exact) mass is 258 g/mol. The molecule has 0 bridgehead atoms. The van der Waals surface area contributed by atoms with Crippen LogP contribution in [0, 0.1) is 0 Å². The molecule has 2 rings (SSSR count). The van der Waals surface area contributed by atoms with Crippen LogP contribution < -0.4 is 15.2 Å². The number of hydrogen-bond acceptors (Lipinski definition) is 3. The van der Waals surface area contributed by atoms with E-state index in [1.165, 1.54) is 11.0 Å². The number of anilines is 1. The van der Waals surface area contributed by atoms with Gasteiger partial charge in [0.2, 0.25) is 5.56 Å². The lowest BCUT2D eigenvalue weighted by Gasteiger charge is -2.17. The molecule has 0 aliphatic heterocycles. The van der Waals surface area contributed by atoms with Crippen LogP contribution in [0.15, 0.2) is 47.3 Å². The van der Waals surface area contributed by atoms with Crippen LogP contribution in [0.3, 0.4) is 0 Å². The molecule has 2 aromatic rings. The van der Waals surface area contributed by atoms with E-state index >= 15 is 0 Å². The summed E-state index contributed by atoms with van der Waals surface area (Å²) in [5, 5.41) is 0. The standard InChI is InChI=1S/C14H14N2O3/c1-16(10-5-3-6-11(9-10)19-2)14(18)12-7-4-8-13(17)15-12/h3-9H,1-2H3,(H,15,17). The van der Waals surface area contributed by atoms with Crippen molar-refractivity contribution in [1.29, 1.82) is 0 Å². The third kappa shape index (κ3) is 2.82. The van der Waals surface area contributed by atoms with Crippen molar-refractivity contribution in [3.63, 3.8) is 0 Å². The summed E-state index contributed by atoms with van der Waals surface area (Å²) in [7, 11) is 3.21. The lowest BCUT2D eigenvalue weighted by Crippen LogP contribution is -2.28. The quantitative estimate of drug-likeness (QED) is 0.910. The number of pyridine rings is 1. The molecule has 0 aliphatic carbocycles. The maximum Gasteiger partial charge on any atom is 0.274 e. The van der Waals surface area contributed by atoms with Gasteiger partial charge >= 0.3 is 0 Å². The zero-order valence-corrected chi connectivity index (χ0v) is 10.7. The van der Waals surface area contributed by atoms with Crippen LogP contribution in [0.4, 0.5) is 5.69 Å². The molecule has 1 heterocycles. The van der Waals surface area contributed by atoms with E-state index in [2.05, 4.69) is 4.98 Å². The van der Waals surface area contributed by atoms with Gasteiger partial charge in [-0.15, -0.1) is 0 Å². The maximum absolute atomic E-state index is 12.2. The zero-order valence-electron chi connectivity index (χ0n) is 10.7. The second-order valence-electron chi connectivity index (χ2n) is 3.99. The number of rotatable bonds is 3. The summed E-state index contributed by atoms with van der Waals surface area (Å²) in [4.78, 5) is 27.4. The van der Waals surface area contributed by atoms with Crippen LogP contribution >= 0.6 is 0 Å². The lowest BCUT2D eigenvalue weighted by molar-refractivity contribution is 0.0988. The first-order chi connectivity index (χ1) is 9.11. The van der Waals surface area contributed by atoms with Crippen molar-refractivity contribution in [2.24, 2.45) is 0 Å². The van der Waals surface area contributed by atoms with E-state index in [4.69, 9.17) is 4.74 Å². The van der Waals surface area contributed by atoms with Gasteiger partial charge < -0.3 is 14.6 Å². The molecule has 1 aromatic heterocycles. The van der Waals surface area contributed by atoms with E-state index < -0.39 is 0 Å². The van der Waals surface area contributed by atoms with Crippen molar-refractivity contribution in [2.45, 2.75) is 0 Å². The first-order valence-corrected chi connectivity index (χ1v) is 5.73. The number of methoxy groups -OCH3 is 1. The number of nitrogens with one attached hydrogen (secondary N) is 1. The van der Waals surface area contributed by atoms with Crippen molar-refractivity contribution in [3.05, 3.63) is 58.5 Å². The average molecular weight is 258 g/mol. The van der Waals surface area contributed by atoms with E-state index in [-0.39, 0.29) is 17.2 Å². The van der Waals surface area contributed by atoms with Gasteiger partial charge in [0.15, 0.2) is 0 Å². The molecule has 1 N–H and O–H groups in total. The van der Waals surface area contributed by atoms with Gasteiger partial charge in [0, 0.05) is 24.9 Å². The second-order valence-corrected chi connectivity index (χ2v) is 3.99. The van der Waals surface area contributed by atoms with Crippen molar-refractivity contribution >= 4 is 11.6 Å². The van der Waals surface area contributed by atoms with Crippen LogP contribution in [0.5, 0.6) is 5.75 Å². The van der Waals surface area contributed by atoms with Crippen LogP contribution in [-0.4, -0.2) is 25.0 Å². The largest absolute Gasteiger partial charge is 0.497 e. The van der Waals surface area contributed by atoms with Crippen LogP contribution in [0.1, 0.15) is 10.5 Å². The van der Waals surface area contributed by atoms with Crippen LogP contribution in [0.25, 0.3) is 0 Å². The number of carbonyl (C=O) groups is 1. The summed E-state index contributed by atoms with van der Waals surface area (Å²) in [5.41, 5.74) is 0.636. The number of amides is 1. The molecule has 0 unspecified atom stereocenters. The summed E-state index contributed by atoms with van der Waals surface area (Å²) in [6, 6.07) is 11.6. The molecule has 0 fully saturated rings. The Bertz CT molecular complexity index is 649. The number of aromatic nitrogens is 1. The molecule has 0 aliphatic rings. The van der Waals surface area contributed by atoms with Crippen molar-refractivity contribution in [1.82, 2.24) is 4.98 Å². The Kier molecular flexibility index (Phi) is 3.66. The molecule has 1 amide bonds. The Hall–Kier alpha value is -2.56. The number of aromatic amines is 1. The maximum atomic E-state index is 12.2. The highest BCUT2D eigenvalue weighted by molar-refractivity contribution is 6.04. The third-order valence-corrected chi connectivity index (χ3v) is 2.74. The van der Waals surface area contributed by atoms with Gasteiger partial charge in [-0.25, -0.2) is 0 Å². The Morgan fingerprint density at radius 1 is 1.21 bits per heavy atom. The molecule has 1 aromatic carbocycles. The number of H-pyrrole nitrogens is 1. The van der Waals surface area contributed by atoms with Gasteiger partial charge in [0.25, 0.3) is 5.91 Å². The average Bonchev–Trinajstić information content (AvgIpc) is 2.45. The van der Waals surface area contributed by atoms with Gasteiger partial charge in [-0.1, -0.05) is 12.1 Å². The number of carbonyl (C=O) groups excluding carboxylic acids is 1. The molecule has 0 radical (unpaired) electrons. The van der Waals surface area contributed by atoms with Gasteiger partial charge in [0.1, 0.15) is 11.4 Å². The number of nitrogens with zero attached hydrogens (tertiary/aromatic N) is 1. The molecule has 0 saturated heterocycles. The Labute approximate surface area is 110 Å². The van der Waals surface area contributed by atoms with Gasteiger partial charge in [-0.05, 0) is 18.2 Å². The third-order valence-electron chi connectivity index (χ3n) is 2.74. The fourth-order valence-corrected chi connectivity index (χ4v) is 1.69. The minimum atomic E-state index is -0.301. The van der Waals surface area contributed by atoms with E-state index in [1.54, 1.807) is 50.6 Å². The van der Waals surface area contributed by atoms with E-state index in [0.717, 1.165) is 0 Å². The predicted molar refractivity (Wildman–Crippen MR) is 72.8 cm³/mol. The summed E-state index contributed by atoms with van der Waals surface area (Å²) in [6.07, 6.45) is 0. The number of hydrogen-bond donors (Lipinski definition) is 1. The highest BCUT2D eigenvalue weighted by Gasteiger charge is 2.14. The van der Waals surface area contributed by atoms with Crippen LogP contribution in [0.2, 0.25) is 0 Å². The summed E-state index contributed by atoms with van der Waals surface area (Å²) in [5.74, 6) is 0.379. The minimum absolute atomic E-state index is 0.248. The fraction of sp³-hybridized carbons (Fsp3) is 0.143. The van der Waals surface area contributed by atoms with Gasteiger partial charge in [-0.3, -0.25) is 9.59 Å². The Morgan fingerprint density at radius 3 is 2.63 bits per heavy atom. The highest BCUT2D eigenvalue weighted by Crippen LogP contribution is 2.20. The van der Waals surface area contributed by atoms with E-state index in [9.17, 15) is 9.59 Å². The van der Waals surface area contributed by atoms with Crippen molar-refractivity contribution < 1.29 is 9.53 Å². The SMILES string of the molecule is COc1cccc(N(C)C(=O)c2cccc(=O)[nH]2)c1. The number of benzene rings is 1. The molecule has 98 valence electrons. The lowest BCUT2D eigenvalue weighted by atomic mass is 10.2. The second kappa shape index (κ2) is 5.39. The summed E-state index contributed by atoms with van der Waals surface area (Å²) >= 11 is 0. The van der Waals surface area contributed by atoms with Crippen LogP contribution in [-0.2, 0) is 0 Å². The van der Waals surface area contributed by atoms with Crippen molar-refractivity contribution in [3.8, 4) is 5.75 Å². The first-order valence-electron chi connectivity index (χ1n) is 5.73. The Morgan fingerprint density at radius 2 is 1.95 bits per heavy atom. The molecular weight excluding hydrogens is 244 g/mol. The molecule has 0 spiro atoms. The van der Waals surface area contributed by atoms with Gasteiger partial charge in [0.05, 0.1) is 7.11 Å². The smallest absolute Gasteiger partial charge is 0.274 e. The van der Waals surface area contributed by atoms with Crippen molar-refractivity contribution in [2.75, 3.05) is 19.1 Å². The van der Waals surface area contributed by atoms with E-state index in [1.807, 2.05) is 0 Å². The molecule has 0 atom stereocenters. The molecule has 5 heteroatoms. The summed E-state index contributed by atoms with van der Waals surface area (Å²) < 4.78 is 5.11. The van der Waals surface area contributed by atoms with Gasteiger partial charge in [-0.2, -0.15) is 0 Å². The minimum Gasteiger partial charge on any atom is -0.497 e.